The summed E-state index contributed by atoms with van der Waals surface area (Å²) in [6, 6.07) is 23.5. The van der Waals surface area contributed by atoms with Crippen molar-refractivity contribution >= 4 is 26.5 Å². The molecule has 0 radical (unpaired) electrons. The van der Waals surface area contributed by atoms with Crippen LogP contribution < -0.4 is 10.6 Å². The number of hydrogen-bond acceptors (Lipinski definition) is 0. The Morgan fingerprint density at radius 2 is 1.17 bits per heavy atom. The molecule has 2 bridgehead atoms. The molecule has 5 aliphatic carbocycles. The Bertz CT molecular complexity index is 900. The zero-order valence-electron chi connectivity index (χ0n) is 22.8. The Hall–Kier alpha value is -0.700. The summed E-state index contributed by atoms with van der Waals surface area (Å²) in [6.07, 6.45) is 19.9. The molecule has 5 aliphatic rings. The van der Waals surface area contributed by atoms with Crippen LogP contribution in [-0.2, 0) is 0 Å². The van der Waals surface area contributed by atoms with Crippen LogP contribution in [-0.4, -0.2) is 23.1 Å². The van der Waals surface area contributed by atoms with Crippen molar-refractivity contribution in [2.24, 2.45) is 23.2 Å². The molecule has 36 heavy (non-hydrogen) atoms. The van der Waals surface area contributed by atoms with Crippen LogP contribution in [0.25, 0.3) is 0 Å². The number of hydrogen-bond donors (Lipinski definition) is 0. The summed E-state index contributed by atoms with van der Waals surface area (Å²) >= 11 is 0. The quantitative estimate of drug-likeness (QED) is 0.320. The standard InChI is InChI=1S/C34H48P2/c1-34(2)26-23-32(34)31(25-35(27-15-7-3-8-16-27)28-17-9-4-10-18-28)33(24-26)36(29-19-11-5-12-20-29)30-21-13-6-14-22-30/h5-6,11-14,19-22,26-28,31-33H,3-4,7-10,15-18,23-25H2,1-2H3/t26-,31-,32+,33+/m0/s1. The second kappa shape index (κ2) is 11.2. The van der Waals surface area contributed by atoms with Crippen LogP contribution in [0.3, 0.4) is 0 Å². The maximum absolute atomic E-state index is 2.64. The lowest BCUT2D eigenvalue weighted by atomic mass is 9.46. The van der Waals surface area contributed by atoms with Crippen molar-refractivity contribution < 1.29 is 0 Å². The highest BCUT2D eigenvalue weighted by Gasteiger charge is 2.59. The monoisotopic (exact) mass is 518 g/mol. The highest BCUT2D eigenvalue weighted by molar-refractivity contribution is 7.73. The maximum atomic E-state index is 2.64. The third-order valence-corrected chi connectivity index (χ3v) is 17.7. The van der Waals surface area contributed by atoms with Crippen molar-refractivity contribution in [1.29, 1.82) is 0 Å². The zero-order valence-corrected chi connectivity index (χ0v) is 24.6. The van der Waals surface area contributed by atoms with Crippen molar-refractivity contribution in [2.75, 3.05) is 6.16 Å². The van der Waals surface area contributed by atoms with E-state index >= 15 is 0 Å². The average Bonchev–Trinajstić information content (AvgIpc) is 2.94. The summed E-state index contributed by atoms with van der Waals surface area (Å²) in [5.41, 5.74) is 3.60. The first kappa shape index (κ1) is 25.6. The SMILES string of the molecule is CC1(C)[C@@H]2C[C@@H](P(c3ccccc3)c3ccccc3)[C@@H](CP(C3CCCCC3)C3CCCCC3)[C@H]1C2. The van der Waals surface area contributed by atoms with Crippen LogP contribution in [0.1, 0.15) is 90.9 Å². The van der Waals surface area contributed by atoms with E-state index in [1.165, 1.54) is 51.4 Å². The van der Waals surface area contributed by atoms with Gasteiger partial charge in [0.25, 0.3) is 0 Å². The van der Waals surface area contributed by atoms with Crippen molar-refractivity contribution in [3.63, 3.8) is 0 Å². The largest absolute Gasteiger partial charge is 0.100 e. The Kier molecular flexibility index (Phi) is 7.95. The van der Waals surface area contributed by atoms with Crippen molar-refractivity contribution in [2.45, 2.75) is 108 Å². The van der Waals surface area contributed by atoms with Gasteiger partial charge in [0, 0.05) is 0 Å². The first-order chi connectivity index (χ1) is 17.6. The molecule has 7 rings (SSSR count). The maximum Gasteiger partial charge on any atom is -0.00914 e. The van der Waals surface area contributed by atoms with Gasteiger partial charge in [-0.05, 0) is 103 Å². The van der Waals surface area contributed by atoms with Gasteiger partial charge in [-0.15, -0.1) is 7.92 Å². The first-order valence-corrected chi connectivity index (χ1v) is 18.4. The molecule has 2 aromatic rings. The van der Waals surface area contributed by atoms with Crippen LogP contribution >= 0.6 is 15.8 Å². The van der Waals surface area contributed by atoms with Crippen molar-refractivity contribution in [3.05, 3.63) is 60.7 Å². The van der Waals surface area contributed by atoms with Crippen molar-refractivity contribution in [1.82, 2.24) is 0 Å². The summed E-state index contributed by atoms with van der Waals surface area (Å²) in [5, 5.41) is 3.26. The smallest absolute Gasteiger partial charge is 0.00914 e. The van der Waals surface area contributed by atoms with Gasteiger partial charge < -0.3 is 0 Å². The molecule has 5 fully saturated rings. The van der Waals surface area contributed by atoms with Crippen LogP contribution in [0, 0.1) is 23.2 Å². The third kappa shape index (κ3) is 5.01. The molecule has 5 saturated carbocycles. The summed E-state index contributed by atoms with van der Waals surface area (Å²) in [5.74, 6) is 2.83. The third-order valence-electron chi connectivity index (χ3n) is 11.0. The molecule has 4 atom stereocenters. The fraction of sp³-hybridized carbons (Fsp3) is 0.647. The highest BCUT2D eigenvalue weighted by Crippen LogP contribution is 2.69. The predicted molar refractivity (Wildman–Crippen MR) is 162 cm³/mol. The number of benzene rings is 2. The number of fused-ring (bicyclic) bond motifs is 2. The summed E-state index contributed by atoms with van der Waals surface area (Å²) < 4.78 is 0. The lowest BCUT2D eigenvalue weighted by molar-refractivity contribution is -0.0946. The molecule has 0 aromatic heterocycles. The predicted octanol–water partition coefficient (Wildman–Crippen LogP) is 9.32. The molecule has 0 unspecified atom stereocenters. The molecule has 0 aliphatic heterocycles. The van der Waals surface area contributed by atoms with Gasteiger partial charge in [0.15, 0.2) is 0 Å². The molecule has 0 N–H and O–H groups in total. The van der Waals surface area contributed by atoms with Gasteiger partial charge >= 0.3 is 0 Å². The molecule has 0 amide bonds. The highest BCUT2D eigenvalue weighted by atomic mass is 31.1. The van der Waals surface area contributed by atoms with E-state index in [0.717, 1.165) is 34.7 Å². The van der Waals surface area contributed by atoms with Gasteiger partial charge in [-0.1, -0.05) is 113 Å². The van der Waals surface area contributed by atoms with Crippen LogP contribution in [0.5, 0.6) is 0 Å². The minimum atomic E-state index is -0.301. The van der Waals surface area contributed by atoms with Gasteiger partial charge in [0.2, 0.25) is 0 Å². The van der Waals surface area contributed by atoms with E-state index in [-0.39, 0.29) is 15.8 Å². The van der Waals surface area contributed by atoms with Crippen LogP contribution in [0.2, 0.25) is 0 Å². The fourth-order valence-electron chi connectivity index (χ4n) is 8.84. The fourth-order valence-corrected chi connectivity index (χ4v) is 16.5. The summed E-state index contributed by atoms with van der Waals surface area (Å²) in [7, 11) is -0.143. The first-order valence-electron chi connectivity index (χ1n) is 15.3. The minimum absolute atomic E-state index is 0.158. The Morgan fingerprint density at radius 3 is 1.64 bits per heavy atom. The van der Waals surface area contributed by atoms with Crippen LogP contribution in [0.4, 0.5) is 0 Å². The summed E-state index contributed by atoms with van der Waals surface area (Å²) in [6.45, 7) is 5.29. The van der Waals surface area contributed by atoms with Crippen molar-refractivity contribution in [3.8, 4) is 0 Å². The van der Waals surface area contributed by atoms with E-state index in [2.05, 4.69) is 74.5 Å². The van der Waals surface area contributed by atoms with E-state index in [1.807, 2.05) is 0 Å². The van der Waals surface area contributed by atoms with Gasteiger partial charge in [-0.2, -0.15) is 0 Å². The Morgan fingerprint density at radius 1 is 0.667 bits per heavy atom. The molecular formula is C34H48P2. The molecular weight excluding hydrogens is 470 g/mol. The van der Waals surface area contributed by atoms with E-state index in [9.17, 15) is 0 Å². The van der Waals surface area contributed by atoms with Gasteiger partial charge in [0.05, 0.1) is 0 Å². The lowest BCUT2D eigenvalue weighted by Gasteiger charge is -2.64. The number of rotatable bonds is 7. The van der Waals surface area contributed by atoms with E-state index < -0.39 is 0 Å². The zero-order chi connectivity index (χ0) is 24.5. The van der Waals surface area contributed by atoms with Crippen LogP contribution in [0.15, 0.2) is 60.7 Å². The molecule has 0 heterocycles. The second-order valence-electron chi connectivity index (χ2n) is 13.1. The van der Waals surface area contributed by atoms with E-state index in [0.29, 0.717) is 5.41 Å². The Balaban J connectivity index is 1.36. The van der Waals surface area contributed by atoms with E-state index in [1.54, 1.807) is 42.5 Å². The molecule has 0 spiro atoms. The molecule has 194 valence electrons. The normalized spacial score (nSPS) is 30.9. The lowest BCUT2D eigenvalue weighted by Crippen LogP contribution is -2.58. The second-order valence-corrected chi connectivity index (χ2v) is 18.4. The molecule has 2 heteroatoms. The molecule has 2 aromatic carbocycles. The van der Waals surface area contributed by atoms with Gasteiger partial charge in [0.1, 0.15) is 0 Å². The molecule has 0 nitrogen and oxygen atoms in total. The van der Waals surface area contributed by atoms with Gasteiger partial charge in [-0.3, -0.25) is 0 Å². The molecule has 0 saturated heterocycles. The van der Waals surface area contributed by atoms with Gasteiger partial charge in [-0.25, -0.2) is 0 Å². The minimum Gasteiger partial charge on any atom is -0.100 e. The Labute approximate surface area is 223 Å². The average molecular weight is 519 g/mol. The topological polar surface area (TPSA) is 0 Å². The van der Waals surface area contributed by atoms with E-state index in [4.69, 9.17) is 0 Å². The summed E-state index contributed by atoms with van der Waals surface area (Å²) in [4.78, 5) is 0.